The fourth-order valence-corrected chi connectivity index (χ4v) is 4.54. The molecule has 4 aliphatic rings. The van der Waals surface area contributed by atoms with Crippen molar-refractivity contribution in [3.8, 4) is 39.9 Å². The van der Waals surface area contributed by atoms with Crippen LogP contribution in [0.25, 0.3) is 11.1 Å². The van der Waals surface area contributed by atoms with Crippen molar-refractivity contribution < 1.29 is 19.3 Å². The minimum absolute atomic E-state index is 0.273. The van der Waals surface area contributed by atoms with Gasteiger partial charge in [0, 0.05) is 5.56 Å². The van der Waals surface area contributed by atoms with Crippen LogP contribution in [0.3, 0.4) is 0 Å². The lowest BCUT2D eigenvalue weighted by Gasteiger charge is -2.16. The Morgan fingerprint density at radius 3 is 2.03 bits per heavy atom. The quantitative estimate of drug-likeness (QED) is 0.365. The molecular weight excluding hydrogens is 424 g/mol. The second kappa shape index (κ2) is 9.52. The average molecular weight is 453 g/mol. The molecule has 1 N–H and O–H groups in total. The van der Waals surface area contributed by atoms with Gasteiger partial charge in [-0.15, -0.1) is 0 Å². The van der Waals surface area contributed by atoms with E-state index in [9.17, 15) is 5.11 Å². The van der Waals surface area contributed by atoms with E-state index in [-0.39, 0.29) is 5.75 Å². The van der Waals surface area contributed by atoms with Gasteiger partial charge >= 0.3 is 0 Å². The van der Waals surface area contributed by atoms with E-state index in [1.54, 1.807) is 20.3 Å². The second-order valence-electron chi connectivity index (χ2n) is 8.61. The van der Waals surface area contributed by atoms with Crippen LogP contribution < -0.4 is 14.2 Å². The van der Waals surface area contributed by atoms with Crippen molar-refractivity contribution in [1.82, 2.24) is 0 Å². The Hall–Kier alpha value is -3.92. The van der Waals surface area contributed by atoms with Gasteiger partial charge < -0.3 is 19.3 Å². The molecule has 4 heteroatoms. The highest BCUT2D eigenvalue weighted by molar-refractivity contribution is 5.74. The highest BCUT2D eigenvalue weighted by Crippen LogP contribution is 2.37. The number of phenols is 1. The number of aryl methyl sites for hydroxylation is 4. The molecule has 4 aromatic carbocycles. The third kappa shape index (κ3) is 4.58. The van der Waals surface area contributed by atoms with E-state index in [2.05, 4.69) is 42.5 Å². The summed E-state index contributed by atoms with van der Waals surface area (Å²) in [5.41, 5.74) is 6.80. The lowest BCUT2D eigenvalue weighted by molar-refractivity contribution is 0.378. The maximum absolute atomic E-state index is 10.2. The van der Waals surface area contributed by atoms with Crippen LogP contribution in [0.1, 0.15) is 22.3 Å². The van der Waals surface area contributed by atoms with Crippen LogP contribution in [0.4, 0.5) is 0 Å². The molecule has 0 fully saturated rings. The van der Waals surface area contributed by atoms with Crippen LogP contribution >= 0.6 is 0 Å². The van der Waals surface area contributed by atoms with E-state index in [0.717, 1.165) is 53.9 Å². The van der Waals surface area contributed by atoms with Gasteiger partial charge in [0.25, 0.3) is 0 Å². The van der Waals surface area contributed by atoms with E-state index >= 15 is 0 Å². The second-order valence-corrected chi connectivity index (χ2v) is 8.61. The molecule has 34 heavy (non-hydrogen) atoms. The van der Waals surface area contributed by atoms with Crippen molar-refractivity contribution in [2.75, 3.05) is 14.2 Å². The van der Waals surface area contributed by atoms with Gasteiger partial charge in [-0.2, -0.15) is 0 Å². The molecule has 4 aromatic rings. The standard InChI is InChI=1S/C30H28O4/c1-32-28-16-9-22-4-3-21-8-14-27(29(17-21)33-2)26-15-11-24(31)19-23(26)10-5-20-6-12-25(13-7-20)34-30(28)18-22/h6-9,11-19,31H,3-5,10H2,1-2H3. The van der Waals surface area contributed by atoms with Crippen LogP contribution in [0.15, 0.2) is 78.9 Å². The third-order valence-corrected chi connectivity index (χ3v) is 6.41. The molecule has 0 spiro atoms. The first-order valence-corrected chi connectivity index (χ1v) is 11.6. The van der Waals surface area contributed by atoms with Gasteiger partial charge in [-0.25, -0.2) is 0 Å². The van der Waals surface area contributed by atoms with E-state index in [0.29, 0.717) is 11.5 Å². The summed E-state index contributed by atoms with van der Waals surface area (Å²) >= 11 is 0. The molecule has 0 saturated heterocycles. The number of phenolic OH excluding ortho intramolecular Hbond substituents is 1. The van der Waals surface area contributed by atoms with E-state index in [4.69, 9.17) is 14.2 Å². The molecule has 8 rings (SSSR count). The maximum atomic E-state index is 10.2. The molecule has 6 bridgehead atoms. The number of benzene rings is 4. The van der Waals surface area contributed by atoms with Gasteiger partial charge in [0.1, 0.15) is 17.2 Å². The summed E-state index contributed by atoms with van der Waals surface area (Å²) in [6, 6.07) is 26.3. The number of rotatable bonds is 2. The molecule has 4 aliphatic heterocycles. The van der Waals surface area contributed by atoms with Gasteiger partial charge in [0.2, 0.25) is 0 Å². The third-order valence-electron chi connectivity index (χ3n) is 6.41. The van der Waals surface area contributed by atoms with Crippen LogP contribution in [-0.4, -0.2) is 19.3 Å². The van der Waals surface area contributed by atoms with E-state index < -0.39 is 0 Å². The Bertz CT molecular complexity index is 1310. The average Bonchev–Trinajstić information content (AvgIpc) is 2.87. The van der Waals surface area contributed by atoms with Gasteiger partial charge in [-0.1, -0.05) is 36.4 Å². The molecule has 0 atom stereocenters. The first-order valence-electron chi connectivity index (χ1n) is 11.6. The Morgan fingerprint density at radius 2 is 1.26 bits per heavy atom. The molecule has 0 aliphatic carbocycles. The summed E-state index contributed by atoms with van der Waals surface area (Å²) < 4.78 is 17.5. The first-order chi connectivity index (χ1) is 16.6. The number of hydrogen-bond donors (Lipinski definition) is 1. The Morgan fingerprint density at radius 1 is 0.618 bits per heavy atom. The van der Waals surface area contributed by atoms with Gasteiger partial charge in [-0.05, 0) is 96.0 Å². The molecule has 0 unspecified atom stereocenters. The van der Waals surface area contributed by atoms with Crippen molar-refractivity contribution in [2.24, 2.45) is 0 Å². The summed E-state index contributed by atoms with van der Waals surface area (Å²) in [6.07, 6.45) is 3.38. The highest BCUT2D eigenvalue weighted by Gasteiger charge is 2.14. The van der Waals surface area contributed by atoms with Gasteiger partial charge in [-0.3, -0.25) is 0 Å². The number of ether oxygens (including phenoxy) is 3. The molecule has 0 saturated carbocycles. The maximum Gasteiger partial charge on any atom is 0.169 e. The van der Waals surface area contributed by atoms with Crippen molar-refractivity contribution in [2.45, 2.75) is 25.7 Å². The summed E-state index contributed by atoms with van der Waals surface area (Å²) in [5.74, 6) is 3.32. The van der Waals surface area contributed by atoms with Crippen molar-refractivity contribution >= 4 is 0 Å². The molecule has 4 heterocycles. The van der Waals surface area contributed by atoms with E-state index in [1.807, 2.05) is 30.3 Å². The van der Waals surface area contributed by atoms with Crippen molar-refractivity contribution in [3.63, 3.8) is 0 Å². The van der Waals surface area contributed by atoms with Crippen LogP contribution in [-0.2, 0) is 25.7 Å². The number of aromatic hydroxyl groups is 1. The molecular formula is C30H28O4. The molecule has 4 nitrogen and oxygen atoms in total. The monoisotopic (exact) mass is 452 g/mol. The van der Waals surface area contributed by atoms with Crippen LogP contribution in [0, 0.1) is 0 Å². The summed E-state index contributed by atoms with van der Waals surface area (Å²) in [7, 11) is 3.37. The summed E-state index contributed by atoms with van der Waals surface area (Å²) in [5, 5.41) is 10.2. The van der Waals surface area contributed by atoms with E-state index in [1.165, 1.54) is 16.7 Å². The number of methoxy groups -OCH3 is 2. The smallest absolute Gasteiger partial charge is 0.169 e. The van der Waals surface area contributed by atoms with Gasteiger partial charge in [0.05, 0.1) is 14.2 Å². The number of hydrogen-bond acceptors (Lipinski definition) is 4. The fourth-order valence-electron chi connectivity index (χ4n) is 4.54. The SMILES string of the molecule is COc1ccc2cc1Oc1ccc(cc1)CCc1cc(O)ccc1-c1ccc(cc1OC)CC2. The largest absolute Gasteiger partial charge is 0.508 e. The zero-order valence-corrected chi connectivity index (χ0v) is 19.5. The molecule has 0 amide bonds. The zero-order chi connectivity index (χ0) is 23.5. The summed E-state index contributed by atoms with van der Waals surface area (Å²) in [6.45, 7) is 0. The lowest BCUT2D eigenvalue weighted by Crippen LogP contribution is -1.99. The molecule has 0 radical (unpaired) electrons. The zero-order valence-electron chi connectivity index (χ0n) is 19.5. The highest BCUT2D eigenvalue weighted by atomic mass is 16.5. The topological polar surface area (TPSA) is 47.9 Å². The predicted octanol–water partition coefficient (Wildman–Crippen LogP) is 6.75. The Kier molecular flexibility index (Phi) is 6.13. The van der Waals surface area contributed by atoms with Crippen LogP contribution in [0.5, 0.6) is 28.7 Å². The van der Waals surface area contributed by atoms with Crippen molar-refractivity contribution in [1.29, 1.82) is 0 Å². The first kappa shape index (κ1) is 21.9. The van der Waals surface area contributed by atoms with Gasteiger partial charge in [0.15, 0.2) is 11.5 Å². The fraction of sp³-hybridized carbons (Fsp3) is 0.200. The van der Waals surface area contributed by atoms with Crippen molar-refractivity contribution in [3.05, 3.63) is 101 Å². The molecule has 172 valence electrons. The summed E-state index contributed by atoms with van der Waals surface area (Å²) in [4.78, 5) is 0. The van der Waals surface area contributed by atoms with Crippen LogP contribution in [0.2, 0.25) is 0 Å². The molecule has 0 aromatic heterocycles. The normalized spacial score (nSPS) is 12.9. The predicted molar refractivity (Wildman–Crippen MR) is 134 cm³/mol. The minimum atomic E-state index is 0.273. The minimum Gasteiger partial charge on any atom is -0.508 e. The lowest BCUT2D eigenvalue weighted by atomic mass is 9.93. The Labute approximate surface area is 200 Å². The Balaban J connectivity index is 1.60.